The maximum atomic E-state index is 12.4. The van der Waals surface area contributed by atoms with Crippen LogP contribution in [0.25, 0.3) is 0 Å². The Morgan fingerprint density at radius 3 is 2.54 bits per heavy atom. The van der Waals surface area contributed by atoms with E-state index in [1.54, 1.807) is 29.1 Å². The summed E-state index contributed by atoms with van der Waals surface area (Å²) in [7, 11) is 1.84. The van der Waals surface area contributed by atoms with E-state index < -0.39 is 0 Å². The van der Waals surface area contributed by atoms with Crippen LogP contribution < -0.4 is 5.32 Å². The summed E-state index contributed by atoms with van der Waals surface area (Å²) in [5.41, 5.74) is 3.66. The van der Waals surface area contributed by atoms with Crippen molar-refractivity contribution in [3.8, 4) is 0 Å². The predicted octanol–water partition coefficient (Wildman–Crippen LogP) is 1.90. The van der Waals surface area contributed by atoms with Gasteiger partial charge in [-0.2, -0.15) is 5.10 Å². The maximum absolute atomic E-state index is 12.4. The number of nitrogens with one attached hydrogen (secondary N) is 1. The molecular formula is C19H22N4O3. The van der Waals surface area contributed by atoms with Crippen molar-refractivity contribution in [2.75, 3.05) is 6.54 Å². The molecular weight excluding hydrogens is 332 g/mol. The minimum Gasteiger partial charge on any atom is -0.349 e. The van der Waals surface area contributed by atoms with Crippen molar-refractivity contribution in [2.45, 2.75) is 33.2 Å². The van der Waals surface area contributed by atoms with E-state index in [1.165, 1.54) is 0 Å². The van der Waals surface area contributed by atoms with E-state index in [2.05, 4.69) is 10.4 Å². The molecule has 0 radical (unpaired) electrons. The number of hydrogen-bond acceptors (Lipinski definition) is 4. The second-order valence-electron chi connectivity index (χ2n) is 6.66. The number of aryl methyl sites for hydroxylation is 2. The van der Waals surface area contributed by atoms with Crippen LogP contribution in [-0.2, 0) is 11.8 Å². The van der Waals surface area contributed by atoms with Crippen molar-refractivity contribution in [2.24, 2.45) is 7.05 Å². The van der Waals surface area contributed by atoms with Crippen LogP contribution in [-0.4, -0.2) is 38.9 Å². The molecule has 1 atom stereocenters. The highest BCUT2D eigenvalue weighted by Crippen LogP contribution is 2.24. The Bertz CT molecular complexity index is 900. The zero-order chi connectivity index (χ0) is 19.0. The molecule has 0 aliphatic carbocycles. The molecule has 0 saturated carbocycles. The molecule has 1 aliphatic heterocycles. The molecule has 7 nitrogen and oxygen atoms in total. The summed E-state index contributed by atoms with van der Waals surface area (Å²) in [6.45, 7) is 5.75. The van der Waals surface area contributed by atoms with Gasteiger partial charge in [0.05, 0.1) is 23.4 Å². The fourth-order valence-electron chi connectivity index (χ4n) is 3.15. The summed E-state index contributed by atoms with van der Waals surface area (Å²) in [5, 5.41) is 7.06. The van der Waals surface area contributed by atoms with Gasteiger partial charge in [0.15, 0.2) is 0 Å². The first-order chi connectivity index (χ1) is 12.3. The van der Waals surface area contributed by atoms with Gasteiger partial charge in [-0.15, -0.1) is 0 Å². The summed E-state index contributed by atoms with van der Waals surface area (Å²) in [6, 6.07) is 4.99. The van der Waals surface area contributed by atoms with Crippen molar-refractivity contribution in [3.63, 3.8) is 0 Å². The first-order valence-electron chi connectivity index (χ1n) is 8.54. The Kier molecular flexibility index (Phi) is 4.63. The predicted molar refractivity (Wildman–Crippen MR) is 95.7 cm³/mol. The number of benzene rings is 1. The quantitative estimate of drug-likeness (QED) is 0.831. The van der Waals surface area contributed by atoms with E-state index in [1.807, 2.05) is 27.8 Å². The number of amides is 3. The van der Waals surface area contributed by atoms with Crippen molar-refractivity contribution < 1.29 is 14.4 Å². The van der Waals surface area contributed by atoms with Gasteiger partial charge in [0.25, 0.3) is 11.8 Å². The van der Waals surface area contributed by atoms with Gasteiger partial charge in [0.1, 0.15) is 0 Å². The number of rotatable bonds is 5. The Hall–Kier alpha value is -2.96. The normalized spacial score (nSPS) is 14.5. The molecule has 2 aromatic rings. The largest absolute Gasteiger partial charge is 0.349 e. The number of fused-ring (bicyclic) bond motifs is 1. The van der Waals surface area contributed by atoms with Crippen LogP contribution in [0.4, 0.5) is 0 Å². The van der Waals surface area contributed by atoms with Crippen molar-refractivity contribution in [1.29, 1.82) is 0 Å². The molecule has 0 fully saturated rings. The zero-order valence-electron chi connectivity index (χ0n) is 15.4. The highest BCUT2D eigenvalue weighted by molar-refractivity contribution is 6.21. The molecule has 3 rings (SSSR count). The number of imide groups is 1. The summed E-state index contributed by atoms with van der Waals surface area (Å²) in [5.74, 6) is -0.889. The van der Waals surface area contributed by atoms with E-state index >= 15 is 0 Å². The van der Waals surface area contributed by atoms with E-state index in [-0.39, 0.29) is 36.7 Å². The molecule has 7 heteroatoms. The lowest BCUT2D eigenvalue weighted by molar-refractivity contribution is -0.121. The number of hydrogen-bond donors (Lipinski definition) is 1. The first-order valence-corrected chi connectivity index (χ1v) is 8.54. The Labute approximate surface area is 152 Å². The molecule has 1 aromatic heterocycles. The van der Waals surface area contributed by atoms with Gasteiger partial charge in [0.2, 0.25) is 5.91 Å². The van der Waals surface area contributed by atoms with Crippen LogP contribution in [0.5, 0.6) is 0 Å². The maximum Gasteiger partial charge on any atom is 0.261 e. The average Bonchev–Trinajstić information content (AvgIpc) is 3.04. The fourth-order valence-corrected chi connectivity index (χ4v) is 3.15. The van der Waals surface area contributed by atoms with E-state index in [0.717, 1.165) is 21.7 Å². The van der Waals surface area contributed by atoms with Crippen LogP contribution in [0.1, 0.15) is 56.9 Å². The molecule has 1 unspecified atom stereocenters. The Balaban J connectivity index is 1.61. The molecule has 3 amide bonds. The van der Waals surface area contributed by atoms with Crippen molar-refractivity contribution >= 4 is 17.7 Å². The van der Waals surface area contributed by atoms with Gasteiger partial charge in [-0.1, -0.05) is 11.6 Å². The summed E-state index contributed by atoms with van der Waals surface area (Å²) in [4.78, 5) is 38.2. The Morgan fingerprint density at radius 1 is 1.19 bits per heavy atom. The van der Waals surface area contributed by atoms with Crippen molar-refractivity contribution in [1.82, 2.24) is 20.0 Å². The molecule has 2 heterocycles. The summed E-state index contributed by atoms with van der Waals surface area (Å²) in [6.07, 6.45) is 1.79. The van der Waals surface area contributed by atoms with Gasteiger partial charge in [-0.05, 0) is 32.9 Å². The van der Waals surface area contributed by atoms with Crippen LogP contribution in [0.15, 0.2) is 24.4 Å². The first kappa shape index (κ1) is 17.8. The highest BCUT2D eigenvalue weighted by atomic mass is 16.2. The lowest BCUT2D eigenvalue weighted by atomic mass is 10.1. The van der Waals surface area contributed by atoms with Gasteiger partial charge >= 0.3 is 0 Å². The molecule has 1 N–H and O–H groups in total. The summed E-state index contributed by atoms with van der Waals surface area (Å²) >= 11 is 0. The van der Waals surface area contributed by atoms with E-state index in [9.17, 15) is 14.4 Å². The monoisotopic (exact) mass is 354 g/mol. The minimum atomic E-state index is -0.339. The molecule has 0 bridgehead atoms. The zero-order valence-corrected chi connectivity index (χ0v) is 15.4. The number of nitrogens with zero attached hydrogens (tertiary/aromatic N) is 3. The molecule has 1 aliphatic rings. The SMILES string of the molecule is Cc1ccc2c(c1)C(=O)N(CCC(=O)NC(C)c1cnn(C)c1C)C2=O. The third-order valence-corrected chi connectivity index (χ3v) is 4.81. The van der Waals surface area contributed by atoms with Crippen LogP contribution in [0, 0.1) is 13.8 Å². The third-order valence-electron chi connectivity index (χ3n) is 4.81. The Morgan fingerprint density at radius 2 is 1.88 bits per heavy atom. The minimum absolute atomic E-state index is 0.0636. The van der Waals surface area contributed by atoms with Gasteiger partial charge in [0, 0.05) is 31.3 Å². The average molecular weight is 354 g/mol. The topological polar surface area (TPSA) is 84.3 Å². The van der Waals surface area contributed by atoms with Gasteiger partial charge in [-0.3, -0.25) is 24.0 Å². The molecule has 0 saturated heterocycles. The number of aromatic nitrogens is 2. The lowest BCUT2D eigenvalue weighted by Gasteiger charge is -2.16. The van der Waals surface area contributed by atoms with Gasteiger partial charge < -0.3 is 5.32 Å². The van der Waals surface area contributed by atoms with E-state index in [4.69, 9.17) is 0 Å². The van der Waals surface area contributed by atoms with Crippen LogP contribution in [0.2, 0.25) is 0 Å². The number of carbonyl (C=O) groups excluding carboxylic acids is 3. The second kappa shape index (κ2) is 6.74. The number of carbonyl (C=O) groups is 3. The second-order valence-corrected chi connectivity index (χ2v) is 6.66. The molecule has 0 spiro atoms. The van der Waals surface area contributed by atoms with Crippen molar-refractivity contribution in [3.05, 3.63) is 52.3 Å². The fraction of sp³-hybridized carbons (Fsp3) is 0.368. The highest BCUT2D eigenvalue weighted by Gasteiger charge is 2.35. The van der Waals surface area contributed by atoms with Gasteiger partial charge in [-0.25, -0.2) is 0 Å². The van der Waals surface area contributed by atoms with E-state index in [0.29, 0.717) is 11.1 Å². The smallest absolute Gasteiger partial charge is 0.261 e. The van der Waals surface area contributed by atoms with Crippen LogP contribution in [0.3, 0.4) is 0 Å². The van der Waals surface area contributed by atoms with Crippen LogP contribution >= 0.6 is 0 Å². The lowest BCUT2D eigenvalue weighted by Crippen LogP contribution is -2.35. The standard InChI is InChI=1S/C19H22N4O3/c1-11-5-6-14-15(9-11)19(26)23(18(14)25)8-7-17(24)21-12(2)16-10-20-22(4)13(16)3/h5-6,9-10,12H,7-8H2,1-4H3,(H,21,24). The third kappa shape index (κ3) is 3.12. The molecule has 1 aromatic carbocycles. The molecule has 136 valence electrons. The summed E-state index contributed by atoms with van der Waals surface area (Å²) < 4.78 is 1.75. The molecule has 26 heavy (non-hydrogen) atoms.